The van der Waals surface area contributed by atoms with Crippen LogP contribution in [0.5, 0.6) is 11.5 Å². The molecule has 0 unspecified atom stereocenters. The minimum atomic E-state index is -0.134. The lowest BCUT2D eigenvalue weighted by Gasteiger charge is -2.31. The van der Waals surface area contributed by atoms with Gasteiger partial charge in [0.25, 0.3) is 5.91 Å². The second-order valence-corrected chi connectivity index (χ2v) is 7.02. The molecule has 2 amide bonds. The van der Waals surface area contributed by atoms with Gasteiger partial charge in [-0.05, 0) is 37.1 Å². The molecule has 0 atom stereocenters. The first-order chi connectivity index (χ1) is 13.5. The third kappa shape index (κ3) is 4.39. The van der Waals surface area contributed by atoms with E-state index in [4.69, 9.17) is 21.1 Å². The Kier molecular flexibility index (Phi) is 6.41. The average molecular weight is 403 g/mol. The van der Waals surface area contributed by atoms with Gasteiger partial charge in [0, 0.05) is 30.3 Å². The molecular weight excluding hydrogens is 380 g/mol. The monoisotopic (exact) mass is 402 g/mol. The number of anilines is 1. The standard InChI is InChI=1S/C21H23ClN2O4/c1-27-18-13-15(12-17(22)19(18)28-2)21(26)24-10-8-14(9-11-24)20(25)23-16-6-4-3-5-7-16/h3-7,12-14H,8-11H2,1-2H3,(H,23,25). The lowest BCUT2D eigenvalue weighted by Crippen LogP contribution is -2.41. The third-order valence-electron chi connectivity index (χ3n) is 4.87. The van der Waals surface area contributed by atoms with Crippen LogP contribution in [0.2, 0.25) is 5.02 Å². The summed E-state index contributed by atoms with van der Waals surface area (Å²) in [5.41, 5.74) is 1.22. The molecule has 28 heavy (non-hydrogen) atoms. The minimum absolute atomic E-state index is 0.00698. The van der Waals surface area contributed by atoms with Crippen LogP contribution >= 0.6 is 11.6 Å². The van der Waals surface area contributed by atoms with Gasteiger partial charge < -0.3 is 19.7 Å². The number of rotatable bonds is 5. The molecule has 0 bridgehead atoms. The summed E-state index contributed by atoms with van der Waals surface area (Å²) >= 11 is 6.21. The predicted octanol–water partition coefficient (Wildman–Crippen LogP) is 3.85. The maximum absolute atomic E-state index is 12.9. The van der Waals surface area contributed by atoms with E-state index in [2.05, 4.69) is 5.32 Å². The maximum Gasteiger partial charge on any atom is 0.254 e. The number of likely N-dealkylation sites (tertiary alicyclic amines) is 1. The van der Waals surface area contributed by atoms with Crippen molar-refractivity contribution >= 4 is 29.1 Å². The highest BCUT2D eigenvalue weighted by molar-refractivity contribution is 6.32. The van der Waals surface area contributed by atoms with E-state index in [1.54, 1.807) is 17.0 Å². The van der Waals surface area contributed by atoms with Crippen LogP contribution in [-0.4, -0.2) is 44.0 Å². The van der Waals surface area contributed by atoms with Crippen molar-refractivity contribution in [2.24, 2.45) is 5.92 Å². The van der Waals surface area contributed by atoms with Crippen LogP contribution in [0.25, 0.3) is 0 Å². The Morgan fingerprint density at radius 3 is 2.36 bits per heavy atom. The number of para-hydroxylation sites is 1. The Bertz CT molecular complexity index is 849. The zero-order valence-electron chi connectivity index (χ0n) is 15.9. The number of halogens is 1. The van der Waals surface area contributed by atoms with Crippen LogP contribution in [-0.2, 0) is 4.79 Å². The molecule has 2 aromatic rings. The molecule has 7 heteroatoms. The number of benzene rings is 2. The van der Waals surface area contributed by atoms with Gasteiger partial charge in [0.15, 0.2) is 11.5 Å². The number of hydrogen-bond acceptors (Lipinski definition) is 4. The number of carbonyl (C=O) groups excluding carboxylic acids is 2. The molecule has 1 aliphatic rings. The van der Waals surface area contributed by atoms with E-state index < -0.39 is 0 Å². The number of methoxy groups -OCH3 is 2. The molecule has 1 fully saturated rings. The van der Waals surface area contributed by atoms with Gasteiger partial charge in [-0.2, -0.15) is 0 Å². The van der Waals surface area contributed by atoms with E-state index in [0.717, 1.165) is 5.69 Å². The zero-order chi connectivity index (χ0) is 20.1. The predicted molar refractivity (Wildman–Crippen MR) is 108 cm³/mol. The van der Waals surface area contributed by atoms with Crippen LogP contribution in [0.3, 0.4) is 0 Å². The normalized spacial score (nSPS) is 14.5. The highest BCUT2D eigenvalue weighted by Gasteiger charge is 2.28. The number of ether oxygens (including phenoxy) is 2. The van der Waals surface area contributed by atoms with Crippen molar-refractivity contribution in [3.05, 3.63) is 53.1 Å². The lowest BCUT2D eigenvalue weighted by atomic mass is 9.95. The summed E-state index contributed by atoms with van der Waals surface area (Å²) in [7, 11) is 3.00. The minimum Gasteiger partial charge on any atom is -0.493 e. The summed E-state index contributed by atoms with van der Waals surface area (Å²) in [6.07, 6.45) is 1.23. The van der Waals surface area contributed by atoms with Gasteiger partial charge in [-0.3, -0.25) is 9.59 Å². The van der Waals surface area contributed by atoms with Gasteiger partial charge in [-0.25, -0.2) is 0 Å². The zero-order valence-corrected chi connectivity index (χ0v) is 16.7. The van der Waals surface area contributed by atoms with E-state index >= 15 is 0 Å². The molecule has 1 aliphatic heterocycles. The topological polar surface area (TPSA) is 67.9 Å². The molecule has 0 saturated carbocycles. The molecule has 1 heterocycles. The average Bonchev–Trinajstić information content (AvgIpc) is 2.73. The van der Waals surface area contributed by atoms with Crippen molar-refractivity contribution in [2.75, 3.05) is 32.6 Å². The number of amides is 2. The molecule has 3 rings (SSSR count). The lowest BCUT2D eigenvalue weighted by molar-refractivity contribution is -0.121. The van der Waals surface area contributed by atoms with Crippen molar-refractivity contribution in [1.82, 2.24) is 4.90 Å². The Morgan fingerprint density at radius 2 is 1.75 bits per heavy atom. The highest BCUT2D eigenvalue weighted by Crippen LogP contribution is 2.36. The molecule has 0 spiro atoms. The van der Waals surface area contributed by atoms with Gasteiger partial charge in [0.05, 0.1) is 19.2 Å². The fraction of sp³-hybridized carbons (Fsp3) is 0.333. The second-order valence-electron chi connectivity index (χ2n) is 6.62. The third-order valence-corrected chi connectivity index (χ3v) is 5.16. The van der Waals surface area contributed by atoms with Crippen molar-refractivity contribution in [3.63, 3.8) is 0 Å². The molecule has 2 aromatic carbocycles. The van der Waals surface area contributed by atoms with Crippen LogP contribution in [0.4, 0.5) is 5.69 Å². The maximum atomic E-state index is 12.9. The molecule has 0 aromatic heterocycles. The second kappa shape index (κ2) is 8.97. The SMILES string of the molecule is COc1cc(C(=O)N2CCC(C(=O)Nc3ccccc3)CC2)cc(Cl)c1OC. The summed E-state index contributed by atoms with van der Waals surface area (Å²) in [5.74, 6) is 0.558. The number of piperidine rings is 1. The van der Waals surface area contributed by atoms with Crippen LogP contribution in [0, 0.1) is 5.92 Å². The van der Waals surface area contributed by atoms with Gasteiger partial charge in [0.1, 0.15) is 0 Å². The number of hydrogen-bond donors (Lipinski definition) is 1. The summed E-state index contributed by atoms with van der Waals surface area (Å²) in [4.78, 5) is 27.0. The summed E-state index contributed by atoms with van der Waals surface area (Å²) in [6.45, 7) is 1.02. The van der Waals surface area contributed by atoms with Crippen molar-refractivity contribution < 1.29 is 19.1 Å². The first kappa shape index (κ1) is 20.0. The Labute approximate surface area is 169 Å². The molecule has 148 valence electrons. The Morgan fingerprint density at radius 1 is 1.07 bits per heavy atom. The Hall–Kier alpha value is -2.73. The van der Waals surface area contributed by atoms with E-state index in [1.165, 1.54) is 14.2 Å². The van der Waals surface area contributed by atoms with E-state index in [1.807, 2.05) is 30.3 Å². The summed E-state index contributed by atoms with van der Waals surface area (Å²) in [5, 5.41) is 3.25. The molecule has 1 saturated heterocycles. The van der Waals surface area contributed by atoms with Gasteiger partial charge in [-0.1, -0.05) is 29.8 Å². The van der Waals surface area contributed by atoms with Gasteiger partial charge in [-0.15, -0.1) is 0 Å². The molecule has 6 nitrogen and oxygen atoms in total. The molecular formula is C21H23ClN2O4. The first-order valence-corrected chi connectivity index (χ1v) is 9.48. The fourth-order valence-corrected chi connectivity index (χ4v) is 3.62. The van der Waals surface area contributed by atoms with Crippen LogP contribution in [0.15, 0.2) is 42.5 Å². The number of nitrogens with one attached hydrogen (secondary N) is 1. The van der Waals surface area contributed by atoms with E-state index in [0.29, 0.717) is 48.0 Å². The molecule has 1 N–H and O–H groups in total. The fourth-order valence-electron chi connectivity index (χ4n) is 3.33. The number of carbonyl (C=O) groups is 2. The van der Waals surface area contributed by atoms with E-state index in [9.17, 15) is 9.59 Å². The quantitative estimate of drug-likeness (QED) is 0.824. The first-order valence-electron chi connectivity index (χ1n) is 9.10. The van der Waals surface area contributed by atoms with Crippen LogP contribution in [0.1, 0.15) is 23.2 Å². The van der Waals surface area contributed by atoms with Crippen LogP contribution < -0.4 is 14.8 Å². The van der Waals surface area contributed by atoms with E-state index in [-0.39, 0.29) is 17.7 Å². The van der Waals surface area contributed by atoms with Crippen molar-refractivity contribution in [3.8, 4) is 11.5 Å². The summed E-state index contributed by atoms with van der Waals surface area (Å²) < 4.78 is 10.5. The van der Waals surface area contributed by atoms with Crippen molar-refractivity contribution in [1.29, 1.82) is 0 Å². The highest BCUT2D eigenvalue weighted by atomic mass is 35.5. The molecule has 0 radical (unpaired) electrons. The Balaban J connectivity index is 1.62. The van der Waals surface area contributed by atoms with Gasteiger partial charge >= 0.3 is 0 Å². The van der Waals surface area contributed by atoms with Gasteiger partial charge in [0.2, 0.25) is 5.91 Å². The molecule has 0 aliphatic carbocycles. The van der Waals surface area contributed by atoms with Crippen molar-refractivity contribution in [2.45, 2.75) is 12.8 Å². The summed E-state index contributed by atoms with van der Waals surface area (Å²) in [6, 6.07) is 12.6. The smallest absolute Gasteiger partial charge is 0.254 e. The number of nitrogens with zero attached hydrogens (tertiary/aromatic N) is 1. The largest absolute Gasteiger partial charge is 0.493 e.